The third-order valence-corrected chi connectivity index (χ3v) is 2.81. The third kappa shape index (κ3) is 3.88. The van der Waals surface area contributed by atoms with E-state index in [2.05, 4.69) is 5.32 Å². The van der Waals surface area contributed by atoms with E-state index in [-0.39, 0.29) is 18.5 Å². The van der Waals surface area contributed by atoms with Gasteiger partial charge in [0, 0.05) is 12.6 Å². The van der Waals surface area contributed by atoms with Gasteiger partial charge in [-0.05, 0) is 32.9 Å². The molecule has 0 saturated heterocycles. The number of nitrogen functional groups attached to an aromatic ring is 1. The minimum absolute atomic E-state index is 0.0601. The van der Waals surface area contributed by atoms with Crippen molar-refractivity contribution in [3.8, 4) is 0 Å². The number of likely N-dealkylation sites (N-methyl/N-ethyl adjacent to an activating group) is 1. The Bertz CT molecular complexity index is 500. The Morgan fingerprint density at radius 3 is 2.50 bits per heavy atom. The predicted molar refractivity (Wildman–Crippen MR) is 80.5 cm³/mol. The summed E-state index contributed by atoms with van der Waals surface area (Å²) in [6.07, 6.45) is 0. The van der Waals surface area contributed by atoms with E-state index in [0.717, 1.165) is 0 Å². The first-order valence-corrected chi connectivity index (χ1v) is 6.59. The molecule has 1 aromatic carbocycles. The molecule has 0 aliphatic rings. The minimum atomic E-state index is -0.560. The summed E-state index contributed by atoms with van der Waals surface area (Å²) in [6, 6.07) is 5.02. The van der Waals surface area contributed by atoms with Gasteiger partial charge in [-0.15, -0.1) is 0 Å². The topological polar surface area (TPSA) is 101 Å². The molecule has 0 atom stereocenters. The SMILES string of the molecule is CCN(CC(=O)NC(C)C)c1c(N)cccc1C(N)=O. The quantitative estimate of drug-likeness (QED) is 0.667. The first kappa shape index (κ1) is 15.8. The van der Waals surface area contributed by atoms with Crippen molar-refractivity contribution < 1.29 is 9.59 Å². The number of benzene rings is 1. The fraction of sp³-hybridized carbons (Fsp3) is 0.429. The molecule has 0 spiro atoms. The van der Waals surface area contributed by atoms with Gasteiger partial charge in [0.1, 0.15) is 0 Å². The number of hydrogen-bond donors (Lipinski definition) is 3. The van der Waals surface area contributed by atoms with Crippen LogP contribution in [0, 0.1) is 0 Å². The van der Waals surface area contributed by atoms with Gasteiger partial charge in [-0.2, -0.15) is 0 Å². The Hall–Kier alpha value is -2.24. The lowest BCUT2D eigenvalue weighted by Crippen LogP contribution is -2.41. The summed E-state index contributed by atoms with van der Waals surface area (Å²) < 4.78 is 0. The number of amides is 2. The average molecular weight is 278 g/mol. The highest BCUT2D eigenvalue weighted by molar-refractivity contribution is 6.02. The second-order valence-electron chi connectivity index (χ2n) is 4.84. The molecule has 6 heteroatoms. The summed E-state index contributed by atoms with van der Waals surface area (Å²) in [4.78, 5) is 25.1. The number of nitrogens with two attached hydrogens (primary N) is 2. The third-order valence-electron chi connectivity index (χ3n) is 2.81. The van der Waals surface area contributed by atoms with E-state index in [1.807, 2.05) is 20.8 Å². The fourth-order valence-corrected chi connectivity index (χ4v) is 2.00. The maximum absolute atomic E-state index is 11.9. The highest BCUT2D eigenvalue weighted by atomic mass is 16.2. The van der Waals surface area contributed by atoms with Gasteiger partial charge >= 0.3 is 0 Å². The normalized spacial score (nSPS) is 10.4. The first-order valence-electron chi connectivity index (χ1n) is 6.59. The zero-order chi connectivity index (χ0) is 15.3. The van der Waals surface area contributed by atoms with Gasteiger partial charge < -0.3 is 21.7 Å². The number of hydrogen-bond acceptors (Lipinski definition) is 4. The summed E-state index contributed by atoms with van der Waals surface area (Å²) in [6.45, 7) is 6.34. The minimum Gasteiger partial charge on any atom is -0.397 e. The van der Waals surface area contributed by atoms with Gasteiger partial charge in [-0.25, -0.2) is 0 Å². The van der Waals surface area contributed by atoms with Gasteiger partial charge in [-0.3, -0.25) is 9.59 Å². The molecule has 2 amide bonds. The van der Waals surface area contributed by atoms with E-state index in [1.165, 1.54) is 0 Å². The van der Waals surface area contributed by atoms with Crippen LogP contribution >= 0.6 is 0 Å². The average Bonchev–Trinajstić information content (AvgIpc) is 2.35. The van der Waals surface area contributed by atoms with Crippen molar-refractivity contribution in [1.82, 2.24) is 5.32 Å². The smallest absolute Gasteiger partial charge is 0.250 e. The molecular weight excluding hydrogens is 256 g/mol. The molecule has 0 unspecified atom stereocenters. The van der Waals surface area contributed by atoms with Crippen molar-refractivity contribution in [3.05, 3.63) is 23.8 Å². The van der Waals surface area contributed by atoms with E-state index in [4.69, 9.17) is 11.5 Å². The van der Waals surface area contributed by atoms with Gasteiger partial charge in [0.2, 0.25) is 5.91 Å². The van der Waals surface area contributed by atoms with E-state index >= 15 is 0 Å². The zero-order valence-corrected chi connectivity index (χ0v) is 12.1. The molecule has 1 rings (SSSR count). The van der Waals surface area contributed by atoms with Crippen LogP contribution in [0.1, 0.15) is 31.1 Å². The zero-order valence-electron chi connectivity index (χ0n) is 12.1. The summed E-state index contributed by atoms with van der Waals surface area (Å²) >= 11 is 0. The van der Waals surface area contributed by atoms with Crippen LogP contribution in [0.3, 0.4) is 0 Å². The molecule has 110 valence electrons. The van der Waals surface area contributed by atoms with Crippen LogP contribution in [0.25, 0.3) is 0 Å². The summed E-state index contributed by atoms with van der Waals surface area (Å²) in [5.74, 6) is -0.685. The number of anilines is 2. The Balaban J connectivity index is 3.06. The van der Waals surface area contributed by atoms with Crippen molar-refractivity contribution in [1.29, 1.82) is 0 Å². The molecule has 5 N–H and O–H groups in total. The Labute approximate surface area is 119 Å². The lowest BCUT2D eigenvalue weighted by atomic mass is 10.1. The number of rotatable bonds is 6. The van der Waals surface area contributed by atoms with Crippen LogP contribution in [0.2, 0.25) is 0 Å². The van der Waals surface area contributed by atoms with Crippen molar-refractivity contribution in [2.24, 2.45) is 5.73 Å². The van der Waals surface area contributed by atoms with Crippen molar-refractivity contribution >= 4 is 23.2 Å². The maximum atomic E-state index is 11.9. The number of nitrogens with one attached hydrogen (secondary N) is 1. The molecule has 1 aromatic rings. The molecule has 0 heterocycles. The van der Waals surface area contributed by atoms with Gasteiger partial charge in [0.25, 0.3) is 5.91 Å². The van der Waals surface area contributed by atoms with Crippen LogP contribution in [0.5, 0.6) is 0 Å². The molecule has 0 saturated carbocycles. The second kappa shape index (κ2) is 6.79. The van der Waals surface area contributed by atoms with E-state index in [1.54, 1.807) is 23.1 Å². The van der Waals surface area contributed by atoms with Crippen LogP contribution in [0.15, 0.2) is 18.2 Å². The van der Waals surface area contributed by atoms with Crippen LogP contribution in [-0.2, 0) is 4.79 Å². The highest BCUT2D eigenvalue weighted by Crippen LogP contribution is 2.27. The first-order chi connectivity index (χ1) is 9.36. The van der Waals surface area contributed by atoms with Crippen molar-refractivity contribution in [2.45, 2.75) is 26.8 Å². The van der Waals surface area contributed by atoms with Gasteiger partial charge in [-0.1, -0.05) is 6.07 Å². The number of carbonyl (C=O) groups excluding carboxylic acids is 2. The van der Waals surface area contributed by atoms with Crippen LogP contribution < -0.4 is 21.7 Å². The van der Waals surface area contributed by atoms with Crippen molar-refractivity contribution in [2.75, 3.05) is 23.7 Å². The second-order valence-corrected chi connectivity index (χ2v) is 4.84. The lowest BCUT2D eigenvalue weighted by molar-refractivity contribution is -0.120. The summed E-state index contributed by atoms with van der Waals surface area (Å²) in [5.41, 5.74) is 12.6. The highest BCUT2D eigenvalue weighted by Gasteiger charge is 2.19. The molecule has 0 aliphatic carbocycles. The molecule has 0 radical (unpaired) electrons. The standard InChI is InChI=1S/C14H22N4O2/c1-4-18(8-12(19)17-9(2)3)13-10(14(16)20)6-5-7-11(13)15/h5-7,9H,4,8,15H2,1-3H3,(H2,16,20)(H,17,19). The number of para-hydroxylation sites is 1. The summed E-state index contributed by atoms with van der Waals surface area (Å²) in [7, 11) is 0. The monoisotopic (exact) mass is 278 g/mol. The lowest BCUT2D eigenvalue weighted by Gasteiger charge is -2.26. The molecule has 0 aromatic heterocycles. The molecule has 6 nitrogen and oxygen atoms in total. The predicted octanol–water partition coefficient (Wildman–Crippen LogP) is 0.719. The number of primary amides is 1. The van der Waals surface area contributed by atoms with Crippen LogP contribution in [0.4, 0.5) is 11.4 Å². The Morgan fingerprint density at radius 2 is 2.00 bits per heavy atom. The Kier molecular flexibility index (Phi) is 5.37. The van der Waals surface area contributed by atoms with E-state index in [0.29, 0.717) is 23.5 Å². The maximum Gasteiger partial charge on any atom is 0.250 e. The number of nitrogens with zero attached hydrogens (tertiary/aromatic N) is 1. The Morgan fingerprint density at radius 1 is 1.35 bits per heavy atom. The van der Waals surface area contributed by atoms with Crippen LogP contribution in [-0.4, -0.2) is 30.9 Å². The molecule has 0 fully saturated rings. The fourth-order valence-electron chi connectivity index (χ4n) is 2.00. The summed E-state index contributed by atoms with van der Waals surface area (Å²) in [5, 5.41) is 2.81. The molecule has 20 heavy (non-hydrogen) atoms. The largest absolute Gasteiger partial charge is 0.397 e. The molecular formula is C14H22N4O2. The van der Waals surface area contributed by atoms with Crippen molar-refractivity contribution in [3.63, 3.8) is 0 Å². The van der Waals surface area contributed by atoms with E-state index in [9.17, 15) is 9.59 Å². The molecule has 0 aliphatic heterocycles. The van der Waals surface area contributed by atoms with Gasteiger partial charge in [0.05, 0.1) is 23.5 Å². The molecule has 0 bridgehead atoms. The van der Waals surface area contributed by atoms with E-state index < -0.39 is 5.91 Å². The number of carbonyl (C=O) groups is 2. The van der Waals surface area contributed by atoms with Gasteiger partial charge in [0.15, 0.2) is 0 Å².